The third-order valence-corrected chi connectivity index (χ3v) is 5.39. The molecule has 0 aromatic heterocycles. The van der Waals surface area contributed by atoms with Gasteiger partial charge in [0, 0.05) is 19.5 Å². The molecule has 0 aliphatic heterocycles. The SMILES string of the molecule is CCCCNC(=O)C(c1ccc(CC)cc1)N(CC)C(=O)C(CCC(N)=O)NC(=O)OC(C)(C)C. The molecule has 0 aliphatic rings. The third kappa shape index (κ3) is 10.4. The van der Waals surface area contributed by atoms with Crippen molar-refractivity contribution >= 4 is 23.8 Å². The molecule has 0 radical (unpaired) electrons. The van der Waals surface area contributed by atoms with Gasteiger partial charge in [0.15, 0.2) is 0 Å². The summed E-state index contributed by atoms with van der Waals surface area (Å²) in [6.45, 7) is 11.7. The number of rotatable bonds is 13. The fraction of sp³-hybridized carbons (Fsp3) is 0.615. The van der Waals surface area contributed by atoms with Crippen molar-refractivity contribution in [2.75, 3.05) is 13.1 Å². The predicted molar refractivity (Wildman–Crippen MR) is 135 cm³/mol. The first-order chi connectivity index (χ1) is 16.4. The molecular weight excluding hydrogens is 448 g/mol. The zero-order chi connectivity index (χ0) is 26.6. The Morgan fingerprint density at radius 1 is 1.06 bits per heavy atom. The molecule has 196 valence electrons. The van der Waals surface area contributed by atoms with E-state index in [1.807, 2.05) is 38.1 Å². The number of primary amides is 1. The number of carbonyl (C=O) groups excluding carboxylic acids is 4. The lowest BCUT2D eigenvalue weighted by molar-refractivity contribution is -0.142. The van der Waals surface area contributed by atoms with E-state index in [4.69, 9.17) is 10.5 Å². The zero-order valence-electron chi connectivity index (χ0n) is 22.0. The minimum atomic E-state index is -1.09. The number of likely N-dealkylation sites (N-methyl/N-ethyl adjacent to an activating group) is 1. The van der Waals surface area contributed by atoms with Crippen LogP contribution in [0.4, 0.5) is 4.79 Å². The van der Waals surface area contributed by atoms with Crippen LogP contribution < -0.4 is 16.4 Å². The van der Waals surface area contributed by atoms with E-state index < -0.39 is 35.6 Å². The molecule has 0 heterocycles. The van der Waals surface area contributed by atoms with Gasteiger partial charge in [-0.1, -0.05) is 44.5 Å². The second-order valence-corrected chi connectivity index (χ2v) is 9.47. The molecule has 0 saturated heterocycles. The van der Waals surface area contributed by atoms with Gasteiger partial charge in [0.05, 0.1) is 0 Å². The Bertz CT molecular complexity index is 848. The summed E-state index contributed by atoms with van der Waals surface area (Å²) in [4.78, 5) is 52.3. The number of hydrogen-bond donors (Lipinski definition) is 3. The molecule has 9 nitrogen and oxygen atoms in total. The lowest BCUT2D eigenvalue weighted by Gasteiger charge is -2.33. The van der Waals surface area contributed by atoms with Crippen molar-refractivity contribution in [3.8, 4) is 0 Å². The minimum Gasteiger partial charge on any atom is -0.444 e. The largest absolute Gasteiger partial charge is 0.444 e. The number of carbonyl (C=O) groups is 4. The number of nitrogens with two attached hydrogens (primary N) is 1. The Hall–Kier alpha value is -3.10. The van der Waals surface area contributed by atoms with Crippen LogP contribution in [0.1, 0.15) is 84.4 Å². The molecule has 0 fully saturated rings. The van der Waals surface area contributed by atoms with Gasteiger partial charge < -0.3 is 26.0 Å². The molecule has 9 heteroatoms. The standard InChI is InChI=1S/C26H42N4O5/c1-7-10-17-28-23(32)22(19-13-11-18(8-2)12-14-19)30(9-3)24(33)20(15-16-21(27)31)29-25(34)35-26(4,5)6/h11-14,20,22H,7-10,15-17H2,1-6H3,(H2,27,31)(H,28,32)(H,29,34). The summed E-state index contributed by atoms with van der Waals surface area (Å²) < 4.78 is 5.31. The number of nitrogens with one attached hydrogen (secondary N) is 2. The van der Waals surface area contributed by atoms with E-state index in [-0.39, 0.29) is 25.3 Å². The Balaban J connectivity index is 3.32. The number of ether oxygens (including phenoxy) is 1. The maximum atomic E-state index is 13.7. The summed E-state index contributed by atoms with van der Waals surface area (Å²) in [5, 5.41) is 5.49. The monoisotopic (exact) mass is 490 g/mol. The summed E-state index contributed by atoms with van der Waals surface area (Å²) in [6.07, 6.45) is 1.67. The van der Waals surface area contributed by atoms with Gasteiger partial charge in [-0.3, -0.25) is 14.4 Å². The van der Waals surface area contributed by atoms with Crippen molar-refractivity contribution in [3.63, 3.8) is 0 Å². The van der Waals surface area contributed by atoms with Crippen molar-refractivity contribution in [2.24, 2.45) is 5.73 Å². The van der Waals surface area contributed by atoms with E-state index in [0.717, 1.165) is 24.8 Å². The van der Waals surface area contributed by atoms with Crippen molar-refractivity contribution in [3.05, 3.63) is 35.4 Å². The molecule has 0 aliphatic carbocycles. The molecule has 4 amide bonds. The number of hydrogen-bond acceptors (Lipinski definition) is 5. The van der Waals surface area contributed by atoms with Crippen molar-refractivity contribution in [2.45, 2.75) is 91.3 Å². The first kappa shape index (κ1) is 29.9. The van der Waals surface area contributed by atoms with Crippen LogP contribution in [0.3, 0.4) is 0 Å². The average molecular weight is 491 g/mol. The highest BCUT2D eigenvalue weighted by Crippen LogP contribution is 2.24. The van der Waals surface area contributed by atoms with Gasteiger partial charge >= 0.3 is 6.09 Å². The van der Waals surface area contributed by atoms with Gasteiger partial charge in [-0.25, -0.2) is 4.79 Å². The molecule has 35 heavy (non-hydrogen) atoms. The average Bonchev–Trinajstić information content (AvgIpc) is 2.78. The molecule has 1 aromatic carbocycles. The number of nitrogens with zero attached hydrogens (tertiary/aromatic N) is 1. The van der Waals surface area contributed by atoms with Gasteiger partial charge in [-0.2, -0.15) is 0 Å². The molecule has 1 aromatic rings. The molecule has 1 rings (SSSR count). The summed E-state index contributed by atoms with van der Waals surface area (Å²) in [5.41, 5.74) is 6.31. The van der Waals surface area contributed by atoms with Gasteiger partial charge in [-0.15, -0.1) is 0 Å². The maximum Gasteiger partial charge on any atom is 0.408 e. The van der Waals surface area contributed by atoms with Crippen molar-refractivity contribution in [1.29, 1.82) is 0 Å². The summed E-state index contributed by atoms with van der Waals surface area (Å²) in [6, 6.07) is 5.58. The topological polar surface area (TPSA) is 131 Å². The highest BCUT2D eigenvalue weighted by molar-refractivity contribution is 5.92. The second-order valence-electron chi connectivity index (χ2n) is 9.47. The van der Waals surface area contributed by atoms with Crippen LogP contribution in [0.5, 0.6) is 0 Å². The molecule has 4 N–H and O–H groups in total. The van der Waals surface area contributed by atoms with E-state index in [2.05, 4.69) is 10.6 Å². The Morgan fingerprint density at radius 2 is 1.69 bits per heavy atom. The fourth-order valence-electron chi connectivity index (χ4n) is 3.55. The predicted octanol–water partition coefficient (Wildman–Crippen LogP) is 3.21. The van der Waals surface area contributed by atoms with Gasteiger partial charge in [0.2, 0.25) is 17.7 Å². The lowest BCUT2D eigenvalue weighted by atomic mass is 10.00. The van der Waals surface area contributed by atoms with Crippen molar-refractivity contribution in [1.82, 2.24) is 15.5 Å². The van der Waals surface area contributed by atoms with Crippen LogP contribution in [-0.4, -0.2) is 53.4 Å². The number of benzene rings is 1. The summed E-state index contributed by atoms with van der Waals surface area (Å²) in [5.74, 6) is -1.39. The van der Waals surface area contributed by atoms with Crippen LogP contribution >= 0.6 is 0 Å². The Labute approximate surface area is 209 Å². The second kappa shape index (κ2) is 14.3. The van der Waals surface area contributed by atoms with Crippen LogP contribution in [0.25, 0.3) is 0 Å². The van der Waals surface area contributed by atoms with Crippen LogP contribution in [-0.2, 0) is 25.5 Å². The van der Waals surface area contributed by atoms with E-state index in [0.29, 0.717) is 12.1 Å². The number of aryl methyl sites for hydroxylation is 1. The molecule has 0 bridgehead atoms. The number of alkyl carbamates (subject to hydrolysis) is 1. The molecule has 2 unspecified atom stereocenters. The highest BCUT2D eigenvalue weighted by atomic mass is 16.6. The van der Waals surface area contributed by atoms with Gasteiger partial charge in [0.25, 0.3) is 0 Å². The van der Waals surface area contributed by atoms with E-state index in [9.17, 15) is 19.2 Å². The summed E-state index contributed by atoms with van der Waals surface area (Å²) >= 11 is 0. The van der Waals surface area contributed by atoms with E-state index >= 15 is 0 Å². The molecule has 0 saturated carbocycles. The zero-order valence-corrected chi connectivity index (χ0v) is 22.0. The molecular formula is C26H42N4O5. The fourth-order valence-corrected chi connectivity index (χ4v) is 3.55. The Morgan fingerprint density at radius 3 is 2.17 bits per heavy atom. The minimum absolute atomic E-state index is 0.0111. The first-order valence-electron chi connectivity index (χ1n) is 12.4. The summed E-state index contributed by atoms with van der Waals surface area (Å²) in [7, 11) is 0. The normalized spacial score (nSPS) is 12.9. The van der Waals surface area contributed by atoms with Crippen LogP contribution in [0.2, 0.25) is 0 Å². The Kier molecular flexibility index (Phi) is 12.3. The van der Waals surface area contributed by atoms with Gasteiger partial charge in [-0.05, 0) is 58.1 Å². The molecule has 0 spiro atoms. The quantitative estimate of drug-likeness (QED) is 0.366. The van der Waals surface area contributed by atoms with Crippen molar-refractivity contribution < 1.29 is 23.9 Å². The van der Waals surface area contributed by atoms with Crippen LogP contribution in [0, 0.1) is 0 Å². The maximum absolute atomic E-state index is 13.7. The number of amides is 4. The lowest BCUT2D eigenvalue weighted by Crippen LogP contribution is -2.53. The first-order valence-corrected chi connectivity index (χ1v) is 12.4. The number of unbranched alkanes of at least 4 members (excludes halogenated alkanes) is 1. The van der Waals surface area contributed by atoms with Crippen LogP contribution in [0.15, 0.2) is 24.3 Å². The van der Waals surface area contributed by atoms with Gasteiger partial charge in [0.1, 0.15) is 17.7 Å². The smallest absolute Gasteiger partial charge is 0.408 e. The third-order valence-electron chi connectivity index (χ3n) is 5.39. The highest BCUT2D eigenvalue weighted by Gasteiger charge is 2.35. The van der Waals surface area contributed by atoms with E-state index in [1.54, 1.807) is 27.7 Å². The van der Waals surface area contributed by atoms with E-state index in [1.165, 1.54) is 4.90 Å². The molecule has 2 atom stereocenters.